The monoisotopic (exact) mass is 297 g/mol. The van der Waals surface area contributed by atoms with Crippen molar-refractivity contribution in [1.82, 2.24) is 4.98 Å². The van der Waals surface area contributed by atoms with Crippen LogP contribution in [0.25, 0.3) is 11.3 Å². The number of nitrogens with zero attached hydrogens (tertiary/aromatic N) is 1. The first-order chi connectivity index (χ1) is 10.7. The van der Waals surface area contributed by atoms with Crippen LogP contribution in [0.2, 0.25) is 0 Å². The summed E-state index contributed by atoms with van der Waals surface area (Å²) in [6.45, 7) is 8.22. The predicted octanol–water partition coefficient (Wildman–Crippen LogP) is 3.76. The standard InChI is InChI=1S/C19H22B3N/c1-12(2)18(20)15-10-17(14-8-6-5-7-9-14)23-11-16(15)19(21,22)13(3)4/h5-13,18H,1-4H3. The van der Waals surface area contributed by atoms with E-state index >= 15 is 0 Å². The summed E-state index contributed by atoms with van der Waals surface area (Å²) in [4.78, 5) is 4.58. The molecule has 0 spiro atoms. The molecule has 1 heterocycles. The van der Waals surface area contributed by atoms with Crippen LogP contribution in [0, 0.1) is 11.8 Å². The van der Waals surface area contributed by atoms with E-state index in [-0.39, 0.29) is 17.7 Å². The van der Waals surface area contributed by atoms with E-state index in [1.807, 2.05) is 50.2 Å². The summed E-state index contributed by atoms with van der Waals surface area (Å²) in [7, 11) is 19.2. The Kier molecular flexibility index (Phi) is 5.44. The van der Waals surface area contributed by atoms with Crippen LogP contribution in [0.4, 0.5) is 0 Å². The molecule has 2 aromatic rings. The second-order valence-corrected chi connectivity index (χ2v) is 6.88. The van der Waals surface area contributed by atoms with Gasteiger partial charge in [-0.3, -0.25) is 4.98 Å². The van der Waals surface area contributed by atoms with Gasteiger partial charge in [0, 0.05) is 11.8 Å². The van der Waals surface area contributed by atoms with Crippen molar-refractivity contribution in [1.29, 1.82) is 0 Å². The van der Waals surface area contributed by atoms with Gasteiger partial charge in [-0.25, -0.2) is 0 Å². The van der Waals surface area contributed by atoms with Crippen LogP contribution in [0.15, 0.2) is 42.6 Å². The van der Waals surface area contributed by atoms with Gasteiger partial charge in [-0.15, -0.1) is 0 Å². The molecule has 4 heteroatoms. The largest absolute Gasteiger partial charge is 0.256 e. The first-order valence-electron chi connectivity index (χ1n) is 8.14. The van der Waals surface area contributed by atoms with Gasteiger partial charge in [0.1, 0.15) is 0 Å². The lowest BCUT2D eigenvalue weighted by Crippen LogP contribution is -2.35. The van der Waals surface area contributed by atoms with Gasteiger partial charge in [0.15, 0.2) is 0 Å². The lowest BCUT2D eigenvalue weighted by Gasteiger charge is -2.35. The number of hydrogen-bond acceptors (Lipinski definition) is 1. The molecule has 0 bridgehead atoms. The molecule has 23 heavy (non-hydrogen) atoms. The second-order valence-electron chi connectivity index (χ2n) is 6.88. The van der Waals surface area contributed by atoms with Crippen molar-refractivity contribution in [2.75, 3.05) is 0 Å². The Labute approximate surface area is 144 Å². The van der Waals surface area contributed by atoms with Crippen molar-refractivity contribution >= 4 is 23.5 Å². The van der Waals surface area contributed by atoms with Gasteiger partial charge in [0.05, 0.1) is 29.2 Å². The van der Waals surface area contributed by atoms with Crippen LogP contribution < -0.4 is 0 Å². The average molecular weight is 297 g/mol. The zero-order valence-electron chi connectivity index (χ0n) is 14.5. The number of aromatic nitrogens is 1. The lowest BCUT2D eigenvalue weighted by molar-refractivity contribution is 0.552. The van der Waals surface area contributed by atoms with Gasteiger partial charge >= 0.3 is 0 Å². The van der Waals surface area contributed by atoms with Gasteiger partial charge in [-0.2, -0.15) is 0 Å². The highest BCUT2D eigenvalue weighted by Crippen LogP contribution is 2.35. The van der Waals surface area contributed by atoms with Crippen LogP contribution in [-0.2, 0) is 5.21 Å². The van der Waals surface area contributed by atoms with E-state index in [1.54, 1.807) is 6.20 Å². The molecule has 1 nitrogen and oxygen atoms in total. The highest BCUT2D eigenvalue weighted by atomic mass is 14.7. The molecule has 0 N–H and O–H groups in total. The third kappa shape index (κ3) is 3.73. The first kappa shape index (κ1) is 17.9. The molecular weight excluding hydrogens is 275 g/mol. The number of hydrogen-bond donors (Lipinski definition) is 0. The van der Waals surface area contributed by atoms with Crippen molar-refractivity contribution in [3.8, 4) is 11.3 Å². The Morgan fingerprint density at radius 3 is 2.13 bits per heavy atom. The molecule has 0 fully saturated rings. The quantitative estimate of drug-likeness (QED) is 0.766. The normalized spacial score (nSPS) is 13.5. The van der Waals surface area contributed by atoms with Crippen LogP contribution in [-0.4, -0.2) is 28.5 Å². The summed E-state index contributed by atoms with van der Waals surface area (Å²) in [5, 5.41) is -0.954. The van der Waals surface area contributed by atoms with E-state index in [0.29, 0.717) is 0 Å². The Bertz CT molecular complexity index is 651. The minimum atomic E-state index is -0.954. The van der Waals surface area contributed by atoms with Crippen LogP contribution in [0.3, 0.4) is 0 Å². The highest BCUT2D eigenvalue weighted by Gasteiger charge is 2.29. The molecule has 0 saturated carbocycles. The Morgan fingerprint density at radius 1 is 1.00 bits per heavy atom. The molecule has 1 atom stereocenters. The molecule has 2 rings (SSSR count). The third-order valence-electron chi connectivity index (χ3n) is 4.50. The molecule has 112 valence electrons. The van der Waals surface area contributed by atoms with Gasteiger partial charge in [0.25, 0.3) is 0 Å². The topological polar surface area (TPSA) is 12.9 Å². The van der Waals surface area contributed by atoms with Gasteiger partial charge in [-0.1, -0.05) is 75.0 Å². The van der Waals surface area contributed by atoms with Crippen LogP contribution in [0.1, 0.15) is 44.6 Å². The van der Waals surface area contributed by atoms with Crippen molar-refractivity contribution in [3.05, 3.63) is 53.7 Å². The Hall–Kier alpha value is -1.44. The second kappa shape index (κ2) is 6.99. The lowest BCUT2D eigenvalue weighted by atomic mass is 9.45. The summed E-state index contributed by atoms with van der Waals surface area (Å²) in [6.07, 6.45) is 1.79. The molecule has 1 aromatic heterocycles. The molecule has 0 saturated heterocycles. The van der Waals surface area contributed by atoms with Crippen molar-refractivity contribution in [2.24, 2.45) is 11.8 Å². The third-order valence-corrected chi connectivity index (χ3v) is 4.50. The maximum atomic E-state index is 6.44. The summed E-state index contributed by atoms with van der Waals surface area (Å²) in [5.41, 5.74) is 3.75. The fourth-order valence-electron chi connectivity index (χ4n) is 2.55. The van der Waals surface area contributed by atoms with Crippen LogP contribution >= 0.6 is 0 Å². The highest BCUT2D eigenvalue weighted by molar-refractivity contribution is 6.40. The SMILES string of the molecule is [B]C(c1cc(-c2ccccc2)ncc1C([B])([B])C(C)C)C(C)C. The molecule has 0 amide bonds. The van der Waals surface area contributed by atoms with Crippen molar-refractivity contribution in [3.63, 3.8) is 0 Å². The zero-order chi connectivity index (χ0) is 17.2. The number of rotatable bonds is 5. The minimum absolute atomic E-state index is 0.0741. The van der Waals surface area contributed by atoms with Crippen molar-refractivity contribution in [2.45, 2.75) is 38.7 Å². The van der Waals surface area contributed by atoms with E-state index in [2.05, 4.69) is 18.8 Å². The van der Waals surface area contributed by atoms with E-state index < -0.39 is 5.21 Å². The predicted molar refractivity (Wildman–Crippen MR) is 101 cm³/mol. The molecule has 0 aliphatic carbocycles. The fraction of sp³-hybridized carbons (Fsp3) is 0.421. The Balaban J connectivity index is 2.61. The molecule has 1 unspecified atom stereocenters. The molecule has 0 aliphatic rings. The summed E-state index contributed by atoms with van der Waals surface area (Å²) in [5.74, 6) is 0.216. The fourth-order valence-corrected chi connectivity index (χ4v) is 2.55. The number of pyridine rings is 1. The maximum Gasteiger partial charge on any atom is 0.0767 e. The molecular formula is C19H22B3N. The van der Waals surface area contributed by atoms with Crippen LogP contribution in [0.5, 0.6) is 0 Å². The molecule has 6 radical (unpaired) electrons. The van der Waals surface area contributed by atoms with Crippen molar-refractivity contribution < 1.29 is 0 Å². The van der Waals surface area contributed by atoms with E-state index in [0.717, 1.165) is 22.4 Å². The first-order valence-corrected chi connectivity index (χ1v) is 8.14. The molecule has 1 aromatic carbocycles. The maximum absolute atomic E-state index is 6.44. The summed E-state index contributed by atoms with van der Waals surface area (Å²) < 4.78 is 0. The zero-order valence-corrected chi connectivity index (χ0v) is 14.5. The molecule has 0 aliphatic heterocycles. The van der Waals surface area contributed by atoms with Gasteiger partial charge < -0.3 is 0 Å². The van der Waals surface area contributed by atoms with E-state index in [4.69, 9.17) is 23.5 Å². The Morgan fingerprint density at radius 2 is 1.61 bits per heavy atom. The summed E-state index contributed by atoms with van der Waals surface area (Å²) >= 11 is 0. The summed E-state index contributed by atoms with van der Waals surface area (Å²) in [6, 6.07) is 12.1. The van der Waals surface area contributed by atoms with E-state index in [1.165, 1.54) is 0 Å². The average Bonchev–Trinajstić information content (AvgIpc) is 2.54. The smallest absolute Gasteiger partial charge is 0.0767 e. The van der Waals surface area contributed by atoms with Gasteiger partial charge in [0.2, 0.25) is 0 Å². The minimum Gasteiger partial charge on any atom is -0.256 e. The number of benzene rings is 1. The van der Waals surface area contributed by atoms with Gasteiger partial charge in [-0.05, 0) is 23.1 Å². The van der Waals surface area contributed by atoms with E-state index in [9.17, 15) is 0 Å².